The number of benzene rings is 1. The highest BCUT2D eigenvalue weighted by Crippen LogP contribution is 2.23. The molecule has 0 aliphatic carbocycles. The Bertz CT molecular complexity index is 438. The maximum atomic E-state index is 10.7. The molecule has 0 amide bonds. The molecule has 0 spiro atoms. The Hall–Kier alpha value is -1.10. The van der Waals surface area contributed by atoms with Crippen molar-refractivity contribution in [2.75, 3.05) is 46.9 Å². The van der Waals surface area contributed by atoms with Gasteiger partial charge >= 0.3 is 0 Å². The molecule has 1 aliphatic heterocycles. The maximum absolute atomic E-state index is 10.7. The van der Waals surface area contributed by atoms with Gasteiger partial charge in [-0.05, 0) is 71.4 Å². The molecule has 0 bridgehead atoms. The first-order chi connectivity index (χ1) is 11.1. The predicted molar refractivity (Wildman–Crippen MR) is 95.0 cm³/mol. The Kier molecular flexibility index (Phi) is 7.34. The molecule has 1 aromatic rings. The summed E-state index contributed by atoms with van der Waals surface area (Å²) in [5.74, 6) is 0.955. The monoisotopic (exact) mass is 320 g/mol. The van der Waals surface area contributed by atoms with Gasteiger partial charge in [0.2, 0.25) is 0 Å². The van der Waals surface area contributed by atoms with E-state index in [2.05, 4.69) is 9.80 Å². The number of nitrogens with zero attached hydrogens (tertiary/aromatic N) is 2. The zero-order chi connectivity index (χ0) is 16.5. The van der Waals surface area contributed by atoms with E-state index in [0.717, 1.165) is 70.6 Å². The van der Waals surface area contributed by atoms with Crippen LogP contribution in [0.15, 0.2) is 30.3 Å². The van der Waals surface area contributed by atoms with E-state index >= 15 is 0 Å². The van der Waals surface area contributed by atoms with E-state index in [1.165, 1.54) is 0 Å². The van der Waals surface area contributed by atoms with Gasteiger partial charge in [-0.1, -0.05) is 18.2 Å². The molecule has 130 valence electrons. The number of ether oxygens (including phenoxy) is 1. The van der Waals surface area contributed by atoms with Gasteiger partial charge in [0.05, 0.1) is 12.2 Å². The van der Waals surface area contributed by atoms with Crippen molar-refractivity contribution in [1.82, 2.24) is 9.80 Å². The van der Waals surface area contributed by atoms with E-state index < -0.39 is 5.60 Å². The van der Waals surface area contributed by atoms with Gasteiger partial charge < -0.3 is 19.6 Å². The van der Waals surface area contributed by atoms with E-state index in [1.807, 2.05) is 44.4 Å². The molecule has 4 nitrogen and oxygen atoms in total. The van der Waals surface area contributed by atoms with Crippen LogP contribution in [0.5, 0.6) is 5.75 Å². The van der Waals surface area contributed by atoms with Crippen LogP contribution in [0.4, 0.5) is 0 Å². The SMILES string of the molecule is CN(C)C[C@]1(O)CCCN(CCCCOc2ccccc2)CC1. The van der Waals surface area contributed by atoms with Gasteiger partial charge in [0.15, 0.2) is 0 Å². The zero-order valence-electron chi connectivity index (χ0n) is 14.7. The van der Waals surface area contributed by atoms with E-state index in [9.17, 15) is 5.11 Å². The van der Waals surface area contributed by atoms with Crippen LogP contribution in [0.2, 0.25) is 0 Å². The highest BCUT2D eigenvalue weighted by Gasteiger charge is 2.30. The van der Waals surface area contributed by atoms with Gasteiger partial charge in [-0.2, -0.15) is 0 Å². The molecule has 1 saturated heterocycles. The quantitative estimate of drug-likeness (QED) is 0.747. The van der Waals surface area contributed by atoms with Gasteiger partial charge in [-0.15, -0.1) is 0 Å². The van der Waals surface area contributed by atoms with Gasteiger partial charge in [0, 0.05) is 13.1 Å². The third-order valence-electron chi connectivity index (χ3n) is 4.50. The summed E-state index contributed by atoms with van der Waals surface area (Å²) in [6, 6.07) is 10.0. The number of likely N-dealkylation sites (tertiary alicyclic amines) is 1. The summed E-state index contributed by atoms with van der Waals surface area (Å²) in [5, 5.41) is 10.7. The van der Waals surface area contributed by atoms with Crippen molar-refractivity contribution in [3.8, 4) is 5.75 Å². The average Bonchev–Trinajstić information content (AvgIpc) is 2.69. The number of unbranched alkanes of at least 4 members (excludes halogenated alkanes) is 1. The number of para-hydroxylation sites is 1. The van der Waals surface area contributed by atoms with Crippen molar-refractivity contribution < 1.29 is 9.84 Å². The smallest absolute Gasteiger partial charge is 0.119 e. The molecule has 4 heteroatoms. The molecule has 0 aromatic heterocycles. The molecular formula is C19H32N2O2. The van der Waals surface area contributed by atoms with Crippen LogP contribution in [0.1, 0.15) is 32.1 Å². The Labute approximate surface area is 141 Å². The lowest BCUT2D eigenvalue weighted by molar-refractivity contribution is 0.00271. The fraction of sp³-hybridized carbons (Fsp3) is 0.684. The maximum Gasteiger partial charge on any atom is 0.119 e. The van der Waals surface area contributed by atoms with Crippen LogP contribution in [0, 0.1) is 0 Å². The largest absolute Gasteiger partial charge is 0.494 e. The summed E-state index contributed by atoms with van der Waals surface area (Å²) in [6.45, 7) is 4.77. The van der Waals surface area contributed by atoms with Crippen molar-refractivity contribution in [2.45, 2.75) is 37.7 Å². The first-order valence-corrected chi connectivity index (χ1v) is 8.85. The Morgan fingerprint density at radius 2 is 1.91 bits per heavy atom. The van der Waals surface area contributed by atoms with E-state index in [4.69, 9.17) is 4.74 Å². The highest BCUT2D eigenvalue weighted by molar-refractivity contribution is 5.20. The van der Waals surface area contributed by atoms with Gasteiger partial charge in [-0.25, -0.2) is 0 Å². The predicted octanol–water partition coefficient (Wildman–Crippen LogP) is 2.62. The lowest BCUT2D eigenvalue weighted by Crippen LogP contribution is -2.41. The third kappa shape index (κ3) is 6.90. The number of hydrogen-bond donors (Lipinski definition) is 1. The molecule has 1 heterocycles. The lowest BCUT2D eigenvalue weighted by atomic mass is 9.94. The first kappa shape index (κ1) is 18.2. The van der Waals surface area contributed by atoms with Crippen LogP contribution >= 0.6 is 0 Å². The molecular weight excluding hydrogens is 288 g/mol. The van der Waals surface area contributed by atoms with E-state index in [0.29, 0.717) is 0 Å². The van der Waals surface area contributed by atoms with Crippen LogP contribution in [-0.4, -0.2) is 67.4 Å². The molecule has 0 unspecified atom stereocenters. The van der Waals surface area contributed by atoms with Gasteiger partial charge in [0.25, 0.3) is 0 Å². The van der Waals surface area contributed by atoms with Crippen molar-refractivity contribution in [2.24, 2.45) is 0 Å². The lowest BCUT2D eigenvalue weighted by Gasteiger charge is -2.30. The number of hydrogen-bond acceptors (Lipinski definition) is 4. The number of aliphatic hydroxyl groups is 1. The average molecular weight is 320 g/mol. The highest BCUT2D eigenvalue weighted by atomic mass is 16.5. The van der Waals surface area contributed by atoms with Crippen LogP contribution < -0.4 is 4.74 Å². The summed E-state index contributed by atoms with van der Waals surface area (Å²) in [6.07, 6.45) is 5.11. The molecule has 1 aliphatic rings. The molecule has 0 radical (unpaired) electrons. The van der Waals surface area contributed by atoms with E-state index in [1.54, 1.807) is 0 Å². The Balaban J connectivity index is 1.61. The fourth-order valence-corrected chi connectivity index (χ4v) is 3.35. The molecule has 1 atom stereocenters. The fourth-order valence-electron chi connectivity index (χ4n) is 3.35. The van der Waals surface area contributed by atoms with Gasteiger partial charge in [-0.3, -0.25) is 0 Å². The topological polar surface area (TPSA) is 35.9 Å². The second kappa shape index (κ2) is 9.26. The van der Waals surface area contributed by atoms with Crippen LogP contribution in [-0.2, 0) is 0 Å². The first-order valence-electron chi connectivity index (χ1n) is 8.85. The van der Waals surface area contributed by atoms with Crippen molar-refractivity contribution >= 4 is 0 Å². The van der Waals surface area contributed by atoms with Crippen molar-refractivity contribution in [1.29, 1.82) is 0 Å². The summed E-state index contributed by atoms with van der Waals surface area (Å²) in [5.41, 5.74) is -0.505. The standard InChI is InChI=1S/C19H32N2O2/c1-20(2)17-19(22)11-8-14-21(15-12-19)13-6-7-16-23-18-9-4-3-5-10-18/h3-5,9-10,22H,6-8,11-17H2,1-2H3/t19-/m0/s1. The minimum Gasteiger partial charge on any atom is -0.494 e. The Morgan fingerprint density at radius 3 is 2.65 bits per heavy atom. The van der Waals surface area contributed by atoms with E-state index in [-0.39, 0.29) is 0 Å². The van der Waals surface area contributed by atoms with Crippen LogP contribution in [0.25, 0.3) is 0 Å². The molecule has 1 fully saturated rings. The molecule has 1 N–H and O–H groups in total. The Morgan fingerprint density at radius 1 is 1.13 bits per heavy atom. The molecule has 2 rings (SSSR count). The molecule has 0 saturated carbocycles. The van der Waals surface area contributed by atoms with Crippen molar-refractivity contribution in [3.05, 3.63) is 30.3 Å². The summed E-state index contributed by atoms with van der Waals surface area (Å²) < 4.78 is 5.73. The minimum absolute atomic E-state index is 0.505. The second-order valence-corrected chi connectivity index (χ2v) is 7.03. The molecule has 23 heavy (non-hydrogen) atoms. The van der Waals surface area contributed by atoms with Crippen LogP contribution in [0.3, 0.4) is 0 Å². The third-order valence-corrected chi connectivity index (χ3v) is 4.50. The zero-order valence-corrected chi connectivity index (χ0v) is 14.7. The summed E-state index contributed by atoms with van der Waals surface area (Å²) >= 11 is 0. The number of rotatable bonds is 8. The van der Waals surface area contributed by atoms with Crippen molar-refractivity contribution in [3.63, 3.8) is 0 Å². The molecule has 1 aromatic carbocycles. The number of likely N-dealkylation sites (N-methyl/N-ethyl adjacent to an activating group) is 1. The normalized spacial score (nSPS) is 23.0. The summed E-state index contributed by atoms with van der Waals surface area (Å²) in [7, 11) is 4.07. The summed E-state index contributed by atoms with van der Waals surface area (Å²) in [4.78, 5) is 4.59. The van der Waals surface area contributed by atoms with Gasteiger partial charge in [0.1, 0.15) is 5.75 Å². The second-order valence-electron chi connectivity index (χ2n) is 7.03. The minimum atomic E-state index is -0.505.